The highest BCUT2D eigenvalue weighted by Crippen LogP contribution is 2.58. The third kappa shape index (κ3) is 6.30. The molecule has 3 aliphatic carbocycles. The first-order valence-electron chi connectivity index (χ1n) is 27.1. The number of hydrogen-bond acceptors (Lipinski definition) is 0. The van der Waals surface area contributed by atoms with Crippen LogP contribution >= 0.6 is 0 Å². The van der Waals surface area contributed by atoms with Gasteiger partial charge >= 0.3 is 0 Å². The quantitative estimate of drug-likeness (QED) is 0.128. The van der Waals surface area contributed by atoms with Crippen LogP contribution in [0.2, 0.25) is 0 Å². The van der Waals surface area contributed by atoms with E-state index in [9.17, 15) is 0 Å². The van der Waals surface area contributed by atoms with Crippen LogP contribution in [0.4, 0.5) is 0 Å². The lowest BCUT2D eigenvalue weighted by Gasteiger charge is -2.31. The first kappa shape index (κ1) is 44.6. The average molecular weight is 929 g/mol. The van der Waals surface area contributed by atoms with Gasteiger partial charge < -0.3 is 0 Å². The average Bonchev–Trinajstić information content (AvgIpc) is 4.00. The van der Waals surface area contributed by atoms with Crippen molar-refractivity contribution in [3.05, 3.63) is 227 Å². The Morgan fingerprint density at radius 1 is 0.236 bits per heavy atom. The molecule has 0 heterocycles. The molecule has 0 heteroatoms. The van der Waals surface area contributed by atoms with Gasteiger partial charge in [-0.2, -0.15) is 0 Å². The molecule has 0 bridgehead atoms. The molecule has 0 N–H and O–H groups in total. The first-order chi connectivity index (χ1) is 35.2. The molecular weight excluding hydrogens is 865 g/mol. The monoisotopic (exact) mass is 929 g/mol. The van der Waals surface area contributed by atoms with Gasteiger partial charge in [0.05, 0.1) is 0 Å². The summed E-state index contributed by atoms with van der Waals surface area (Å²) < 4.78 is 0. The molecule has 72 heavy (non-hydrogen) atoms. The lowest BCUT2D eigenvalue weighted by Crippen LogP contribution is -2.23. The van der Waals surface area contributed by atoms with Crippen molar-refractivity contribution in [1.82, 2.24) is 0 Å². The van der Waals surface area contributed by atoms with E-state index in [1.165, 1.54) is 138 Å². The summed E-state index contributed by atoms with van der Waals surface area (Å²) in [5.74, 6) is 0. The fourth-order valence-electron chi connectivity index (χ4n) is 14.5. The van der Waals surface area contributed by atoms with Gasteiger partial charge in [0.1, 0.15) is 0 Å². The number of hydrogen-bond donors (Lipinski definition) is 0. The van der Waals surface area contributed by atoms with Crippen molar-refractivity contribution in [2.75, 3.05) is 0 Å². The van der Waals surface area contributed by atoms with Crippen LogP contribution in [0.1, 0.15) is 119 Å². The van der Waals surface area contributed by atoms with Gasteiger partial charge in [-0.1, -0.05) is 187 Å². The highest BCUT2D eigenvalue weighted by molar-refractivity contribution is 5.93. The van der Waals surface area contributed by atoms with Gasteiger partial charge in [-0.3, -0.25) is 0 Å². The molecule has 3 aliphatic rings. The van der Waals surface area contributed by atoms with Crippen LogP contribution in [-0.4, -0.2) is 0 Å². The minimum Gasteiger partial charge on any atom is -0.0642 e. The normalized spacial score (nSPS) is 15.0. The lowest BCUT2D eigenvalue weighted by atomic mass is 9.72. The maximum atomic E-state index is 2.57. The highest BCUT2D eigenvalue weighted by atomic mass is 14.5. The van der Waals surface area contributed by atoms with Crippen LogP contribution in [0.25, 0.3) is 99.4 Å². The second-order valence-electron chi connectivity index (χ2n) is 21.6. The van der Waals surface area contributed by atoms with Gasteiger partial charge in [0, 0.05) is 16.2 Å². The Hall–Kier alpha value is -7.28. The zero-order valence-electron chi connectivity index (χ0n) is 43.1. The molecule has 0 atom stereocenters. The van der Waals surface area contributed by atoms with Gasteiger partial charge in [-0.15, -0.1) is 0 Å². The minimum absolute atomic E-state index is 0.0397. The molecule has 0 saturated heterocycles. The standard InChI is InChI=1S/C72H64/c1-8-70(9-2)64-39-52(50-21-20-46-16-14-15-17-47(46)37-50)24-30-58(64)60-32-26-54(41-66(60)70)56-28-34-62-63-35-29-57(44-69(63)72(12-5,13-6)68(62)43-56)55-27-33-61-59-31-25-53(40-65(59)71(10-3,11-4)67(61)42-55)51-23-22-48-36-45(7)18-19-49(48)38-51/h14-44H,8-13H2,1-7H3. The van der Waals surface area contributed by atoms with Crippen LogP contribution in [0.3, 0.4) is 0 Å². The van der Waals surface area contributed by atoms with E-state index in [1.807, 2.05) is 0 Å². The zero-order chi connectivity index (χ0) is 49.1. The minimum atomic E-state index is -0.0685. The van der Waals surface area contributed by atoms with Crippen LogP contribution in [0.5, 0.6) is 0 Å². The Morgan fingerprint density at radius 3 is 0.792 bits per heavy atom. The molecule has 0 radical (unpaired) electrons. The van der Waals surface area contributed by atoms with Gasteiger partial charge in [0.2, 0.25) is 0 Å². The van der Waals surface area contributed by atoms with Crippen molar-refractivity contribution in [1.29, 1.82) is 0 Å². The lowest BCUT2D eigenvalue weighted by molar-refractivity contribution is 0.490. The Bertz CT molecular complexity index is 3840. The Labute approximate surface area is 427 Å². The molecule has 0 aromatic heterocycles. The van der Waals surface area contributed by atoms with Crippen molar-refractivity contribution >= 4 is 21.5 Å². The molecule has 0 nitrogen and oxygen atoms in total. The number of aryl methyl sites for hydroxylation is 1. The molecule has 0 saturated carbocycles. The fourth-order valence-corrected chi connectivity index (χ4v) is 14.5. The molecule has 10 aromatic carbocycles. The summed E-state index contributed by atoms with van der Waals surface area (Å²) in [7, 11) is 0. The van der Waals surface area contributed by atoms with Crippen LogP contribution < -0.4 is 0 Å². The molecule has 10 aromatic rings. The summed E-state index contributed by atoms with van der Waals surface area (Å²) in [5, 5.41) is 5.17. The number of benzene rings is 10. The second kappa shape index (κ2) is 16.6. The largest absolute Gasteiger partial charge is 0.0642 e. The van der Waals surface area contributed by atoms with E-state index in [4.69, 9.17) is 0 Å². The van der Waals surface area contributed by atoms with Crippen LogP contribution in [0, 0.1) is 6.92 Å². The summed E-state index contributed by atoms with van der Waals surface area (Å²) >= 11 is 0. The van der Waals surface area contributed by atoms with Crippen molar-refractivity contribution in [3.8, 4) is 77.9 Å². The third-order valence-corrected chi connectivity index (χ3v) is 18.8. The maximum Gasteiger partial charge on any atom is 0.0210 e. The molecular formula is C72H64. The third-order valence-electron chi connectivity index (χ3n) is 18.8. The summed E-state index contributed by atoms with van der Waals surface area (Å²) in [4.78, 5) is 0. The molecule has 0 aliphatic heterocycles. The summed E-state index contributed by atoms with van der Waals surface area (Å²) in [5.41, 5.74) is 28.8. The predicted octanol–water partition coefficient (Wildman–Crippen LogP) is 20.2. The number of fused-ring (bicyclic) bond motifs is 11. The Balaban J connectivity index is 0.842. The van der Waals surface area contributed by atoms with E-state index >= 15 is 0 Å². The summed E-state index contributed by atoms with van der Waals surface area (Å²) in [6.45, 7) is 16.6. The zero-order valence-corrected chi connectivity index (χ0v) is 43.1. The van der Waals surface area contributed by atoms with Crippen molar-refractivity contribution in [2.45, 2.75) is 103 Å². The molecule has 13 rings (SSSR count). The molecule has 0 fully saturated rings. The highest BCUT2D eigenvalue weighted by Gasteiger charge is 2.44. The molecule has 352 valence electrons. The predicted molar refractivity (Wildman–Crippen MR) is 308 cm³/mol. The topological polar surface area (TPSA) is 0 Å². The van der Waals surface area contributed by atoms with Crippen LogP contribution in [-0.2, 0) is 16.2 Å². The van der Waals surface area contributed by atoms with E-state index in [-0.39, 0.29) is 16.2 Å². The van der Waals surface area contributed by atoms with E-state index in [2.05, 4.69) is 237 Å². The molecule has 0 unspecified atom stereocenters. The fraction of sp³-hybridized carbons (Fsp3) is 0.222. The van der Waals surface area contributed by atoms with Crippen molar-refractivity contribution in [3.63, 3.8) is 0 Å². The van der Waals surface area contributed by atoms with Crippen molar-refractivity contribution in [2.24, 2.45) is 0 Å². The Kier molecular flexibility index (Phi) is 10.3. The summed E-state index contributed by atoms with van der Waals surface area (Å²) in [6, 6.07) is 73.5. The van der Waals surface area contributed by atoms with E-state index in [0.29, 0.717) is 0 Å². The van der Waals surface area contributed by atoms with Gasteiger partial charge in [-0.05, 0) is 227 Å². The van der Waals surface area contributed by atoms with Gasteiger partial charge in [-0.25, -0.2) is 0 Å². The smallest absolute Gasteiger partial charge is 0.0210 e. The van der Waals surface area contributed by atoms with E-state index < -0.39 is 0 Å². The molecule has 0 spiro atoms. The van der Waals surface area contributed by atoms with E-state index in [1.54, 1.807) is 0 Å². The first-order valence-corrected chi connectivity index (χ1v) is 27.1. The SMILES string of the molecule is CCC1(CC)c2cc(-c3ccc4c(c3)C(CC)(CC)c3cc(-c5ccc6ccccc6c5)ccc3-4)ccc2-c2ccc(-c3ccc4c(c3)C(CC)(CC)c3cc(-c5ccc6cc(C)ccc6c5)ccc3-4)cc21. The van der Waals surface area contributed by atoms with Gasteiger partial charge in [0.15, 0.2) is 0 Å². The second-order valence-corrected chi connectivity index (χ2v) is 21.6. The van der Waals surface area contributed by atoms with Gasteiger partial charge in [0.25, 0.3) is 0 Å². The van der Waals surface area contributed by atoms with Crippen LogP contribution in [0.15, 0.2) is 188 Å². The molecule has 0 amide bonds. The van der Waals surface area contributed by atoms with Crippen molar-refractivity contribution < 1.29 is 0 Å². The van der Waals surface area contributed by atoms with E-state index in [0.717, 1.165) is 38.5 Å². The maximum absolute atomic E-state index is 2.57. The summed E-state index contributed by atoms with van der Waals surface area (Å²) in [6.07, 6.45) is 6.35. The Morgan fingerprint density at radius 2 is 0.472 bits per heavy atom. The number of rotatable bonds is 10.